The number of morpholine rings is 1. The molecule has 48 heavy (non-hydrogen) atoms. The Morgan fingerprint density at radius 3 is 2.42 bits per heavy atom. The normalized spacial score (nSPS) is 21.8. The van der Waals surface area contributed by atoms with Gasteiger partial charge in [0.05, 0.1) is 35.9 Å². The highest BCUT2D eigenvalue weighted by Gasteiger charge is 2.48. The van der Waals surface area contributed by atoms with Crippen LogP contribution in [0.3, 0.4) is 0 Å². The molecule has 0 aliphatic carbocycles. The van der Waals surface area contributed by atoms with Gasteiger partial charge in [0.2, 0.25) is 5.88 Å². The van der Waals surface area contributed by atoms with E-state index in [-0.39, 0.29) is 29.7 Å². The minimum absolute atomic E-state index is 0.0304. The van der Waals surface area contributed by atoms with Crippen LogP contribution in [0.15, 0.2) is 6.07 Å². The van der Waals surface area contributed by atoms with Gasteiger partial charge in [0, 0.05) is 51.8 Å². The number of piperazine rings is 1. The maximum atomic E-state index is 16.7. The number of alkyl halides is 5. The molecule has 5 heterocycles. The second-order valence-corrected chi connectivity index (χ2v) is 12.9. The van der Waals surface area contributed by atoms with Crippen LogP contribution in [0.5, 0.6) is 11.9 Å². The predicted octanol–water partition coefficient (Wildman–Crippen LogP) is 4.81. The van der Waals surface area contributed by atoms with Crippen molar-refractivity contribution in [2.24, 2.45) is 5.41 Å². The highest BCUT2D eigenvalue weighted by molar-refractivity contribution is 5.97. The van der Waals surface area contributed by atoms with Crippen molar-refractivity contribution in [3.05, 3.63) is 28.8 Å². The van der Waals surface area contributed by atoms with Crippen LogP contribution in [0.4, 0.5) is 42.2 Å². The fourth-order valence-electron chi connectivity index (χ4n) is 6.46. The van der Waals surface area contributed by atoms with Crippen molar-refractivity contribution in [3.63, 3.8) is 0 Å². The lowest BCUT2D eigenvalue weighted by Gasteiger charge is -2.40. The summed E-state index contributed by atoms with van der Waals surface area (Å²) in [6.45, 7) is 7.11. The Morgan fingerprint density at radius 1 is 1.04 bits per heavy atom. The van der Waals surface area contributed by atoms with E-state index in [0.29, 0.717) is 52.0 Å². The highest BCUT2D eigenvalue weighted by Crippen LogP contribution is 2.46. The number of benzene rings is 1. The molecule has 0 spiro atoms. The van der Waals surface area contributed by atoms with E-state index in [9.17, 15) is 17.6 Å². The molecule has 3 atom stereocenters. The molecule has 262 valence electrons. The van der Waals surface area contributed by atoms with Gasteiger partial charge in [-0.25, -0.2) is 22.5 Å². The van der Waals surface area contributed by atoms with Crippen LogP contribution in [0.25, 0.3) is 22.2 Å². The Morgan fingerprint density at radius 2 is 1.75 bits per heavy atom. The van der Waals surface area contributed by atoms with Gasteiger partial charge in [-0.2, -0.15) is 23.1 Å². The third-order valence-electron chi connectivity index (χ3n) is 9.43. The smallest absolute Gasteiger partial charge is 0.417 e. The van der Waals surface area contributed by atoms with Crippen molar-refractivity contribution in [2.45, 2.75) is 51.9 Å². The fraction of sp³-hybridized carbons (Fsp3) is 0.581. The van der Waals surface area contributed by atoms with Gasteiger partial charge in [-0.3, -0.25) is 4.90 Å². The van der Waals surface area contributed by atoms with Gasteiger partial charge in [0.15, 0.2) is 5.82 Å². The number of nitrogens with one attached hydrogen (secondary N) is 1. The molecule has 1 aromatic carbocycles. The second-order valence-electron chi connectivity index (χ2n) is 12.9. The minimum atomic E-state index is -5.12. The van der Waals surface area contributed by atoms with E-state index in [2.05, 4.69) is 20.3 Å². The van der Waals surface area contributed by atoms with Crippen LogP contribution in [0.2, 0.25) is 0 Å². The van der Waals surface area contributed by atoms with Crippen molar-refractivity contribution >= 4 is 22.4 Å². The third kappa shape index (κ3) is 6.04. The van der Waals surface area contributed by atoms with Crippen LogP contribution in [-0.2, 0) is 10.9 Å². The first-order chi connectivity index (χ1) is 22.5. The topological polar surface area (TPSA) is 111 Å². The Labute approximate surface area is 271 Å². The molecule has 3 N–H and O–H groups in total. The number of fused-ring (bicyclic) bond motifs is 2. The highest BCUT2D eigenvalue weighted by atomic mass is 19.4. The molecule has 2 saturated heterocycles. The summed E-state index contributed by atoms with van der Waals surface area (Å²) < 4.78 is 122. The predicted molar refractivity (Wildman–Crippen MR) is 162 cm³/mol. The van der Waals surface area contributed by atoms with Crippen molar-refractivity contribution in [1.82, 2.24) is 25.2 Å². The molecule has 3 aromatic rings. The molecule has 0 saturated carbocycles. The zero-order valence-electron chi connectivity index (χ0n) is 26.8. The SMILES string of the molecule is Cc1c(F)c(N)cc(-c2nc3c4c(nc(OC[C@@](C)(CN5CCOCC5)C(C)(F)F)nc4c2F)N2CCNC[C@H]2[C@H](C)O3)c1C(F)(F)F. The fourth-order valence-corrected chi connectivity index (χ4v) is 6.46. The lowest BCUT2D eigenvalue weighted by atomic mass is 9.84. The van der Waals surface area contributed by atoms with E-state index in [1.54, 1.807) is 6.92 Å². The van der Waals surface area contributed by atoms with Crippen molar-refractivity contribution < 1.29 is 44.9 Å². The lowest BCUT2D eigenvalue weighted by Crippen LogP contribution is -2.56. The number of aromatic nitrogens is 3. The summed E-state index contributed by atoms with van der Waals surface area (Å²) in [5.74, 6) is -5.96. The average molecular weight is 688 g/mol. The number of halogens is 7. The molecule has 0 unspecified atom stereocenters. The number of nitrogens with two attached hydrogens (primary N) is 1. The van der Waals surface area contributed by atoms with Gasteiger partial charge in [-0.05, 0) is 32.4 Å². The number of nitrogen functional groups attached to an aromatic ring is 1. The summed E-state index contributed by atoms with van der Waals surface area (Å²) in [6.07, 6.45) is -5.74. The number of rotatable bonds is 7. The molecule has 10 nitrogen and oxygen atoms in total. The van der Waals surface area contributed by atoms with Crippen LogP contribution >= 0.6 is 0 Å². The molecule has 0 radical (unpaired) electrons. The minimum Gasteiger partial charge on any atom is -0.472 e. The zero-order valence-corrected chi connectivity index (χ0v) is 26.8. The van der Waals surface area contributed by atoms with E-state index in [4.69, 9.17) is 19.9 Å². The van der Waals surface area contributed by atoms with Gasteiger partial charge >= 0.3 is 12.2 Å². The number of anilines is 2. The van der Waals surface area contributed by atoms with Gasteiger partial charge in [0.25, 0.3) is 5.92 Å². The van der Waals surface area contributed by atoms with Gasteiger partial charge < -0.3 is 30.2 Å². The maximum absolute atomic E-state index is 16.7. The second kappa shape index (κ2) is 12.3. The number of hydrogen-bond acceptors (Lipinski definition) is 10. The molecule has 3 aliphatic rings. The van der Waals surface area contributed by atoms with Crippen LogP contribution in [0, 0.1) is 24.0 Å². The molecule has 0 bridgehead atoms. The summed E-state index contributed by atoms with van der Waals surface area (Å²) in [5, 5.41) is 3.21. The molecule has 2 aromatic heterocycles. The van der Waals surface area contributed by atoms with Crippen LogP contribution in [0.1, 0.15) is 31.9 Å². The van der Waals surface area contributed by atoms with E-state index in [1.807, 2.05) is 9.80 Å². The summed E-state index contributed by atoms with van der Waals surface area (Å²) in [5.41, 5.74) is -1.14. The molecule has 3 aliphatic heterocycles. The van der Waals surface area contributed by atoms with Crippen molar-refractivity contribution in [2.75, 3.05) is 69.7 Å². The number of ether oxygens (including phenoxy) is 3. The third-order valence-corrected chi connectivity index (χ3v) is 9.43. The van der Waals surface area contributed by atoms with Gasteiger partial charge in [0.1, 0.15) is 40.9 Å². The Balaban J connectivity index is 1.53. The number of nitrogens with zero attached hydrogens (tertiary/aromatic N) is 5. The van der Waals surface area contributed by atoms with E-state index in [1.165, 1.54) is 6.92 Å². The number of hydrogen-bond donors (Lipinski definition) is 2. The molecular formula is C31H36F7N7O3. The summed E-state index contributed by atoms with van der Waals surface area (Å²) in [7, 11) is 0. The first-order valence-corrected chi connectivity index (χ1v) is 15.5. The maximum Gasteiger partial charge on any atom is 0.417 e. The first kappa shape index (κ1) is 34.2. The van der Waals surface area contributed by atoms with Crippen LogP contribution < -0.4 is 25.4 Å². The lowest BCUT2D eigenvalue weighted by molar-refractivity contribution is -0.137. The van der Waals surface area contributed by atoms with Gasteiger partial charge in [-0.15, -0.1) is 0 Å². The van der Waals surface area contributed by atoms with E-state index < -0.39 is 81.5 Å². The van der Waals surface area contributed by atoms with E-state index >= 15 is 13.2 Å². The first-order valence-electron chi connectivity index (χ1n) is 15.5. The standard InChI is InChI=1S/C31H36F7N7O3/c1-15-21(31(36,37)38)17(11-18(39)22(15)32)24-23(33)25-20-26(45-6-5-40-12-19(45)16(2)48-27(20)41-24)43-28(42-25)47-14-29(3,30(4,34)35)13-44-7-9-46-10-8-44/h11,16,19,40H,5-10,12-14,39H2,1-4H3/t16-,19-,29+/m0/s1. The molecular weight excluding hydrogens is 651 g/mol. The molecule has 2 fully saturated rings. The Bertz CT molecular complexity index is 1720. The zero-order chi connectivity index (χ0) is 34.8. The van der Waals surface area contributed by atoms with Crippen LogP contribution in [-0.4, -0.2) is 97.0 Å². The summed E-state index contributed by atoms with van der Waals surface area (Å²) in [4.78, 5) is 16.6. The largest absolute Gasteiger partial charge is 0.472 e. The molecule has 6 rings (SSSR count). The summed E-state index contributed by atoms with van der Waals surface area (Å²) in [6, 6.07) is -0.177. The Kier molecular flexibility index (Phi) is 8.77. The average Bonchev–Trinajstić information content (AvgIpc) is 3.14. The molecule has 0 amide bonds. The van der Waals surface area contributed by atoms with Gasteiger partial charge in [-0.1, -0.05) is 0 Å². The monoisotopic (exact) mass is 687 g/mol. The quantitative estimate of drug-likeness (QED) is 0.265. The van der Waals surface area contributed by atoms with Crippen molar-refractivity contribution in [1.29, 1.82) is 0 Å². The van der Waals surface area contributed by atoms with Crippen molar-refractivity contribution in [3.8, 4) is 23.1 Å². The number of pyridine rings is 1. The Hall–Kier alpha value is -3.70. The summed E-state index contributed by atoms with van der Waals surface area (Å²) >= 11 is 0. The van der Waals surface area contributed by atoms with E-state index in [0.717, 1.165) is 13.8 Å². The molecule has 17 heteroatoms.